The zero-order chi connectivity index (χ0) is 22.6. The van der Waals surface area contributed by atoms with E-state index in [9.17, 15) is 14.2 Å². The highest BCUT2D eigenvalue weighted by Crippen LogP contribution is 2.54. The molecule has 3 heterocycles. The van der Waals surface area contributed by atoms with Crippen molar-refractivity contribution in [2.45, 2.75) is 72.1 Å². The van der Waals surface area contributed by atoms with Gasteiger partial charge in [0.1, 0.15) is 11.9 Å². The van der Waals surface area contributed by atoms with Crippen LogP contribution in [0, 0.1) is 6.92 Å². The summed E-state index contributed by atoms with van der Waals surface area (Å²) in [6.07, 6.45) is 3.68. The lowest BCUT2D eigenvalue weighted by Gasteiger charge is -2.28. The Bertz CT molecular complexity index is 971. The largest absolute Gasteiger partial charge is 0.471 e. The molecule has 31 heavy (non-hydrogen) atoms. The van der Waals surface area contributed by atoms with Gasteiger partial charge >= 0.3 is 13.3 Å². The molecular formula is C21H33N2O7P. The van der Waals surface area contributed by atoms with Crippen LogP contribution in [0.1, 0.15) is 70.4 Å². The van der Waals surface area contributed by atoms with E-state index < -0.39 is 25.1 Å². The third-order valence-corrected chi connectivity index (χ3v) is 7.55. The van der Waals surface area contributed by atoms with Gasteiger partial charge in [-0.05, 0) is 27.2 Å². The summed E-state index contributed by atoms with van der Waals surface area (Å²) in [5, 5.41) is 0. The van der Waals surface area contributed by atoms with Gasteiger partial charge in [0.25, 0.3) is 5.56 Å². The van der Waals surface area contributed by atoms with Gasteiger partial charge in [-0.1, -0.05) is 26.2 Å². The summed E-state index contributed by atoms with van der Waals surface area (Å²) in [7, 11) is -3.51. The van der Waals surface area contributed by atoms with Crippen LogP contribution in [0.2, 0.25) is 0 Å². The third kappa shape index (κ3) is 5.06. The molecule has 2 bridgehead atoms. The fraction of sp³-hybridized carbons (Fsp3) is 0.714. The number of unbranched alkanes of at least 4 members (excludes halogenated alkanes) is 3. The molecule has 1 fully saturated rings. The van der Waals surface area contributed by atoms with Crippen LogP contribution in [0.15, 0.2) is 15.3 Å². The van der Waals surface area contributed by atoms with Crippen LogP contribution in [0.3, 0.4) is 0 Å². The van der Waals surface area contributed by atoms with Gasteiger partial charge in [-0.2, -0.15) is 0 Å². The Morgan fingerprint density at radius 2 is 1.84 bits per heavy atom. The van der Waals surface area contributed by atoms with Crippen molar-refractivity contribution in [2.75, 3.05) is 26.0 Å². The molecule has 174 valence electrons. The van der Waals surface area contributed by atoms with Crippen molar-refractivity contribution in [3.05, 3.63) is 37.9 Å². The first kappa shape index (κ1) is 24.0. The number of ether oxygens (including phenoxy) is 2. The highest BCUT2D eigenvalue weighted by molar-refractivity contribution is 7.54. The first-order chi connectivity index (χ1) is 14.8. The Morgan fingerprint density at radius 3 is 2.48 bits per heavy atom. The Hall–Kier alpha value is -1.67. The fourth-order valence-electron chi connectivity index (χ4n) is 4.15. The zero-order valence-corrected chi connectivity index (χ0v) is 19.7. The fourth-order valence-corrected chi connectivity index (χ4v) is 5.89. The minimum atomic E-state index is -3.51. The van der Waals surface area contributed by atoms with Gasteiger partial charge in [0.15, 0.2) is 6.23 Å². The van der Waals surface area contributed by atoms with Gasteiger partial charge < -0.3 is 18.5 Å². The summed E-state index contributed by atoms with van der Waals surface area (Å²) < 4.78 is 37.9. The second kappa shape index (κ2) is 10.3. The number of aromatic nitrogens is 2. The quantitative estimate of drug-likeness (QED) is 0.377. The summed E-state index contributed by atoms with van der Waals surface area (Å²) in [6, 6.07) is 0. The van der Waals surface area contributed by atoms with Crippen molar-refractivity contribution in [1.82, 2.24) is 9.55 Å². The molecule has 2 aliphatic rings. The summed E-state index contributed by atoms with van der Waals surface area (Å²) in [4.78, 5) is 27.4. The number of H-pyrrole nitrogens is 1. The lowest BCUT2D eigenvalue weighted by atomic mass is 10.1. The van der Waals surface area contributed by atoms with E-state index >= 15 is 0 Å². The number of nitrogens with zero attached hydrogens (tertiary/aromatic N) is 1. The molecule has 0 saturated carbocycles. The normalized spacial score (nSPS) is 20.1. The number of nitrogens with one attached hydrogen (secondary N) is 1. The summed E-state index contributed by atoms with van der Waals surface area (Å²) in [6.45, 7) is 8.26. The molecule has 0 amide bonds. The van der Waals surface area contributed by atoms with Gasteiger partial charge in [0, 0.05) is 24.2 Å². The molecule has 0 radical (unpaired) electrons. The molecule has 0 spiro atoms. The molecule has 1 aromatic rings. The molecule has 2 atom stereocenters. The molecule has 1 N–H and O–H groups in total. The average Bonchev–Trinajstić information content (AvgIpc) is 3.07. The van der Waals surface area contributed by atoms with Crippen molar-refractivity contribution in [3.63, 3.8) is 0 Å². The van der Waals surface area contributed by atoms with Gasteiger partial charge in [0.2, 0.25) is 0 Å². The number of aromatic amines is 1. The maximum Gasteiger partial charge on any atom is 0.335 e. The van der Waals surface area contributed by atoms with Crippen LogP contribution in [0.25, 0.3) is 5.57 Å². The van der Waals surface area contributed by atoms with Crippen LogP contribution in [0.5, 0.6) is 0 Å². The Morgan fingerprint density at radius 1 is 1.13 bits per heavy atom. The highest BCUT2D eigenvalue weighted by Gasteiger charge is 2.44. The minimum absolute atomic E-state index is 0.101. The second-order valence-electron chi connectivity index (χ2n) is 7.78. The van der Waals surface area contributed by atoms with E-state index in [1.807, 2.05) is 0 Å². The molecule has 9 nitrogen and oxygen atoms in total. The van der Waals surface area contributed by atoms with Gasteiger partial charge in [-0.15, -0.1) is 0 Å². The molecule has 3 rings (SSSR count). The van der Waals surface area contributed by atoms with Crippen molar-refractivity contribution in [2.24, 2.45) is 0 Å². The lowest BCUT2D eigenvalue weighted by molar-refractivity contribution is 0.0696. The standard InChI is InChI=1S/C21H33N2O7P/c1-5-8-9-10-11-27-16-12-17-23-18(14(4)20(24)22-21(23)25)15(19(16)30-17)13-31(26,28-6-2)29-7-3/h16-17H,5-13H2,1-4H3,(H,22,24,25)/t16-,17-/m1/s1. The van der Waals surface area contributed by atoms with E-state index in [4.69, 9.17) is 18.5 Å². The number of rotatable bonds is 12. The molecule has 0 unspecified atom stereocenters. The van der Waals surface area contributed by atoms with Crippen molar-refractivity contribution in [3.8, 4) is 0 Å². The number of hydrogen-bond donors (Lipinski definition) is 1. The number of hydrogen-bond acceptors (Lipinski definition) is 7. The molecular weight excluding hydrogens is 423 g/mol. The van der Waals surface area contributed by atoms with E-state index in [-0.39, 0.29) is 25.5 Å². The first-order valence-electron chi connectivity index (χ1n) is 11.1. The van der Waals surface area contributed by atoms with Crippen LogP contribution in [0.4, 0.5) is 0 Å². The van der Waals surface area contributed by atoms with E-state index in [1.54, 1.807) is 20.8 Å². The zero-order valence-electron chi connectivity index (χ0n) is 18.8. The average molecular weight is 456 g/mol. The molecule has 1 saturated heterocycles. The molecule has 2 aliphatic heterocycles. The molecule has 10 heteroatoms. The van der Waals surface area contributed by atoms with Crippen LogP contribution in [-0.4, -0.2) is 41.6 Å². The number of allylic oxidation sites excluding steroid dienone is 1. The van der Waals surface area contributed by atoms with Gasteiger partial charge in [-0.3, -0.25) is 18.9 Å². The van der Waals surface area contributed by atoms with E-state index in [0.717, 1.165) is 25.7 Å². The third-order valence-electron chi connectivity index (χ3n) is 5.54. The topological polar surface area (TPSA) is 109 Å². The predicted octanol–water partition coefficient (Wildman–Crippen LogP) is 3.72. The summed E-state index contributed by atoms with van der Waals surface area (Å²) in [5.41, 5.74) is 0.243. The van der Waals surface area contributed by atoms with E-state index in [0.29, 0.717) is 35.6 Å². The Kier molecular flexibility index (Phi) is 7.97. The molecule has 0 aliphatic carbocycles. The maximum atomic E-state index is 13.3. The van der Waals surface area contributed by atoms with Crippen LogP contribution >= 0.6 is 7.60 Å². The summed E-state index contributed by atoms with van der Waals surface area (Å²) >= 11 is 0. The van der Waals surface area contributed by atoms with Crippen LogP contribution in [-0.2, 0) is 23.1 Å². The van der Waals surface area contributed by atoms with Crippen molar-refractivity contribution >= 4 is 13.2 Å². The van der Waals surface area contributed by atoms with Gasteiger partial charge in [0.05, 0.1) is 25.1 Å². The van der Waals surface area contributed by atoms with Crippen LogP contribution < -0.4 is 11.2 Å². The van der Waals surface area contributed by atoms with E-state index in [2.05, 4.69) is 11.9 Å². The monoisotopic (exact) mass is 456 g/mol. The highest BCUT2D eigenvalue weighted by atomic mass is 31.2. The SMILES string of the molecule is CCCCCCO[C@@H]1C[C@H]2OC1=C(CP(=O)(OCC)OCC)c1c(C)c(=O)[nH]c(=O)n12. The maximum absolute atomic E-state index is 13.3. The predicted molar refractivity (Wildman–Crippen MR) is 117 cm³/mol. The number of fused-ring (bicyclic) bond motifs is 4. The summed E-state index contributed by atoms with van der Waals surface area (Å²) in [5.74, 6) is 0.522. The minimum Gasteiger partial charge on any atom is -0.471 e. The van der Waals surface area contributed by atoms with Gasteiger partial charge in [-0.25, -0.2) is 4.79 Å². The Labute approximate surface area is 182 Å². The van der Waals surface area contributed by atoms with E-state index in [1.165, 1.54) is 4.57 Å². The lowest BCUT2D eigenvalue weighted by Crippen LogP contribution is -2.38. The molecule has 0 aromatic carbocycles. The van der Waals surface area contributed by atoms with Crippen molar-refractivity contribution in [1.29, 1.82) is 0 Å². The van der Waals surface area contributed by atoms with Crippen molar-refractivity contribution < 1.29 is 23.1 Å². The second-order valence-corrected chi connectivity index (χ2v) is 9.83. The Balaban J connectivity index is 2.02. The smallest absolute Gasteiger partial charge is 0.335 e. The first-order valence-corrected chi connectivity index (χ1v) is 12.8. The molecule has 1 aromatic heterocycles.